The Labute approximate surface area is 139 Å². The molecular weight excluding hydrogens is 320 g/mol. The van der Waals surface area contributed by atoms with Crippen molar-refractivity contribution in [2.75, 3.05) is 18.6 Å². The molecule has 1 atom stereocenters. The van der Waals surface area contributed by atoms with Crippen LogP contribution in [-0.4, -0.2) is 37.0 Å². The van der Waals surface area contributed by atoms with Crippen molar-refractivity contribution in [3.8, 4) is 0 Å². The monoisotopic (exact) mass is 338 g/mol. The van der Waals surface area contributed by atoms with Crippen LogP contribution in [0.5, 0.6) is 0 Å². The normalized spacial score (nSPS) is 18.0. The quantitative estimate of drug-likeness (QED) is 0.849. The zero-order valence-corrected chi connectivity index (χ0v) is 14.0. The third-order valence-electron chi connectivity index (χ3n) is 3.77. The smallest absolute Gasteiger partial charge is 0.330 e. The third kappa shape index (κ3) is 3.64. The van der Waals surface area contributed by atoms with E-state index in [1.807, 2.05) is 0 Å². The molecule has 1 aromatic rings. The molecule has 7 heteroatoms. The van der Waals surface area contributed by atoms with Crippen LogP contribution in [0.3, 0.4) is 0 Å². The largest absolute Gasteiger partial charge is 0.467 e. The molecule has 0 spiro atoms. The van der Waals surface area contributed by atoms with Gasteiger partial charge in [-0.1, -0.05) is 23.7 Å². The first-order valence-corrected chi connectivity index (χ1v) is 7.59. The second kappa shape index (κ2) is 6.58. The maximum atomic E-state index is 12.4. The molecule has 1 N–H and O–H groups in total. The van der Waals surface area contributed by atoms with E-state index in [-0.39, 0.29) is 24.8 Å². The SMILES string of the molecule is COC(=O)C(C)(C)NC(=O)[C@H]1CC(=O)N(c2ccccc2Cl)C1. The molecule has 1 aliphatic heterocycles. The number of nitrogens with zero attached hydrogens (tertiary/aromatic N) is 1. The summed E-state index contributed by atoms with van der Waals surface area (Å²) < 4.78 is 4.66. The van der Waals surface area contributed by atoms with E-state index in [4.69, 9.17) is 11.6 Å². The molecule has 1 aromatic carbocycles. The van der Waals surface area contributed by atoms with Crippen molar-refractivity contribution in [1.82, 2.24) is 5.32 Å². The van der Waals surface area contributed by atoms with Gasteiger partial charge in [-0.25, -0.2) is 4.79 Å². The summed E-state index contributed by atoms with van der Waals surface area (Å²) >= 11 is 6.11. The molecule has 0 aliphatic carbocycles. The number of carbonyl (C=O) groups excluding carboxylic acids is 3. The predicted octanol–water partition coefficient (Wildman–Crippen LogP) is 1.76. The number of nitrogens with one attached hydrogen (secondary N) is 1. The topological polar surface area (TPSA) is 75.7 Å². The van der Waals surface area contributed by atoms with Crippen molar-refractivity contribution in [3.05, 3.63) is 29.3 Å². The number of methoxy groups -OCH3 is 1. The Morgan fingerprint density at radius 1 is 1.35 bits per heavy atom. The van der Waals surface area contributed by atoms with E-state index in [0.29, 0.717) is 10.7 Å². The molecule has 1 saturated heterocycles. The molecule has 1 heterocycles. The van der Waals surface area contributed by atoms with Crippen molar-refractivity contribution < 1.29 is 19.1 Å². The Morgan fingerprint density at radius 2 is 2.00 bits per heavy atom. The van der Waals surface area contributed by atoms with Crippen molar-refractivity contribution in [3.63, 3.8) is 0 Å². The first-order chi connectivity index (χ1) is 10.8. The number of hydrogen-bond acceptors (Lipinski definition) is 4. The minimum Gasteiger partial charge on any atom is -0.467 e. The Hall–Kier alpha value is -2.08. The molecular formula is C16H19ClN2O4. The van der Waals surface area contributed by atoms with Gasteiger partial charge in [-0.15, -0.1) is 0 Å². The Bertz CT molecular complexity index is 645. The van der Waals surface area contributed by atoms with E-state index in [9.17, 15) is 14.4 Å². The molecule has 1 aliphatic rings. The average molecular weight is 339 g/mol. The van der Waals surface area contributed by atoms with Gasteiger partial charge in [0.2, 0.25) is 11.8 Å². The number of anilines is 1. The number of amides is 2. The van der Waals surface area contributed by atoms with Crippen molar-refractivity contribution in [2.45, 2.75) is 25.8 Å². The van der Waals surface area contributed by atoms with Crippen LogP contribution in [0.15, 0.2) is 24.3 Å². The molecule has 1 fully saturated rings. The fourth-order valence-electron chi connectivity index (χ4n) is 2.50. The van der Waals surface area contributed by atoms with Gasteiger partial charge in [0.25, 0.3) is 0 Å². The van der Waals surface area contributed by atoms with Crippen molar-refractivity contribution in [2.24, 2.45) is 5.92 Å². The summed E-state index contributed by atoms with van der Waals surface area (Å²) in [6.07, 6.45) is 0.0777. The molecule has 0 aromatic heterocycles. The molecule has 0 bridgehead atoms. The molecule has 6 nitrogen and oxygen atoms in total. The van der Waals surface area contributed by atoms with Crippen LogP contribution in [0.1, 0.15) is 20.3 Å². The lowest BCUT2D eigenvalue weighted by molar-refractivity contribution is -0.149. The van der Waals surface area contributed by atoms with Crippen molar-refractivity contribution >= 4 is 35.1 Å². The van der Waals surface area contributed by atoms with E-state index in [1.165, 1.54) is 12.0 Å². The number of benzene rings is 1. The zero-order chi connectivity index (χ0) is 17.2. The van der Waals surface area contributed by atoms with Crippen LogP contribution in [-0.2, 0) is 19.1 Å². The fraction of sp³-hybridized carbons (Fsp3) is 0.438. The Morgan fingerprint density at radius 3 is 2.61 bits per heavy atom. The van der Waals surface area contributed by atoms with Crippen LogP contribution in [0.2, 0.25) is 5.02 Å². The summed E-state index contributed by atoms with van der Waals surface area (Å²) in [6.45, 7) is 3.34. The highest BCUT2D eigenvalue weighted by atomic mass is 35.5. The molecule has 2 amide bonds. The maximum absolute atomic E-state index is 12.4. The van der Waals surface area contributed by atoms with Crippen LogP contribution < -0.4 is 10.2 Å². The lowest BCUT2D eigenvalue weighted by Gasteiger charge is -2.25. The second-order valence-corrected chi connectivity index (χ2v) is 6.37. The highest BCUT2D eigenvalue weighted by Gasteiger charge is 2.39. The number of hydrogen-bond donors (Lipinski definition) is 1. The molecule has 0 unspecified atom stereocenters. The van der Waals surface area contributed by atoms with E-state index in [0.717, 1.165) is 0 Å². The van der Waals surface area contributed by atoms with Gasteiger partial charge >= 0.3 is 5.97 Å². The summed E-state index contributed by atoms with van der Waals surface area (Å²) in [7, 11) is 1.26. The third-order valence-corrected chi connectivity index (χ3v) is 4.09. The minimum absolute atomic E-state index is 0.0777. The summed E-state index contributed by atoms with van der Waals surface area (Å²) in [5.74, 6) is -1.61. The van der Waals surface area contributed by atoms with Crippen LogP contribution in [0.25, 0.3) is 0 Å². The number of para-hydroxylation sites is 1. The lowest BCUT2D eigenvalue weighted by atomic mass is 10.0. The van der Waals surface area contributed by atoms with Gasteiger partial charge in [0.05, 0.1) is 23.7 Å². The number of rotatable bonds is 4. The van der Waals surface area contributed by atoms with E-state index >= 15 is 0 Å². The van der Waals surface area contributed by atoms with E-state index in [1.54, 1.807) is 38.1 Å². The summed E-state index contributed by atoms with van der Waals surface area (Å²) in [5.41, 5.74) is -0.561. The van der Waals surface area contributed by atoms with Gasteiger partial charge in [-0.3, -0.25) is 9.59 Å². The zero-order valence-electron chi connectivity index (χ0n) is 13.3. The average Bonchev–Trinajstić information content (AvgIpc) is 2.88. The Kier molecular flexibility index (Phi) is 4.94. The van der Waals surface area contributed by atoms with Crippen LogP contribution in [0.4, 0.5) is 5.69 Å². The standard InChI is InChI=1S/C16H19ClN2O4/c1-16(2,15(22)23-3)18-14(21)10-8-13(20)19(9-10)12-7-5-4-6-11(12)17/h4-7,10H,8-9H2,1-3H3,(H,18,21)/t10-/m0/s1. The lowest BCUT2D eigenvalue weighted by Crippen LogP contribution is -2.52. The number of carbonyl (C=O) groups is 3. The number of ether oxygens (including phenoxy) is 1. The van der Waals surface area contributed by atoms with Gasteiger partial charge in [-0.05, 0) is 26.0 Å². The summed E-state index contributed by atoms with van der Waals surface area (Å²) in [6, 6.07) is 6.98. The fourth-order valence-corrected chi connectivity index (χ4v) is 2.74. The maximum Gasteiger partial charge on any atom is 0.330 e. The van der Waals surface area contributed by atoms with Gasteiger partial charge in [-0.2, -0.15) is 0 Å². The van der Waals surface area contributed by atoms with Gasteiger partial charge in [0, 0.05) is 13.0 Å². The van der Waals surface area contributed by atoms with E-state index in [2.05, 4.69) is 10.1 Å². The van der Waals surface area contributed by atoms with E-state index < -0.39 is 17.4 Å². The van der Waals surface area contributed by atoms with Gasteiger partial charge < -0.3 is 15.0 Å². The molecule has 0 radical (unpaired) electrons. The number of esters is 1. The van der Waals surface area contributed by atoms with Crippen LogP contribution in [0, 0.1) is 5.92 Å². The van der Waals surface area contributed by atoms with Gasteiger partial charge in [0.15, 0.2) is 0 Å². The molecule has 124 valence electrons. The summed E-state index contributed by atoms with van der Waals surface area (Å²) in [5, 5.41) is 3.09. The highest BCUT2D eigenvalue weighted by molar-refractivity contribution is 6.33. The molecule has 0 saturated carbocycles. The second-order valence-electron chi connectivity index (χ2n) is 5.96. The summed E-state index contributed by atoms with van der Waals surface area (Å²) in [4.78, 5) is 37.7. The molecule has 23 heavy (non-hydrogen) atoms. The molecule has 2 rings (SSSR count). The van der Waals surface area contributed by atoms with Gasteiger partial charge in [0.1, 0.15) is 5.54 Å². The van der Waals surface area contributed by atoms with Crippen LogP contribution >= 0.6 is 11.6 Å². The Balaban J connectivity index is 2.09. The number of halogens is 1. The first-order valence-electron chi connectivity index (χ1n) is 7.21. The predicted molar refractivity (Wildman–Crippen MR) is 86.1 cm³/mol. The highest BCUT2D eigenvalue weighted by Crippen LogP contribution is 2.31. The van der Waals surface area contributed by atoms with Crippen molar-refractivity contribution in [1.29, 1.82) is 0 Å². The minimum atomic E-state index is -1.15. The first kappa shape index (κ1) is 17.3.